The third-order valence-corrected chi connectivity index (χ3v) is 2.76. The van der Waals surface area contributed by atoms with Crippen LogP contribution < -0.4 is 0 Å². The highest BCUT2D eigenvalue weighted by molar-refractivity contribution is 5.97. The number of carbonyl (C=O) groups is 1. The fourth-order valence-corrected chi connectivity index (χ4v) is 1.72. The molecule has 0 aliphatic heterocycles. The van der Waals surface area contributed by atoms with Crippen LogP contribution in [0.4, 0.5) is 0 Å². The molecule has 2 aromatic rings. The van der Waals surface area contributed by atoms with Gasteiger partial charge in [0.15, 0.2) is 5.78 Å². The smallest absolute Gasteiger partial charge is 0.168 e. The van der Waals surface area contributed by atoms with Crippen LogP contribution in [-0.4, -0.2) is 16.0 Å². The van der Waals surface area contributed by atoms with E-state index in [1.165, 1.54) is 18.0 Å². The fourth-order valence-electron chi connectivity index (χ4n) is 1.72. The van der Waals surface area contributed by atoms with Crippen LogP contribution in [0, 0.1) is 13.8 Å². The van der Waals surface area contributed by atoms with Crippen LogP contribution in [0.15, 0.2) is 36.7 Å². The molecule has 0 saturated heterocycles. The zero-order valence-corrected chi connectivity index (χ0v) is 9.97. The molecule has 3 heteroatoms. The van der Waals surface area contributed by atoms with Gasteiger partial charge in [-0.05, 0) is 31.0 Å². The molecule has 0 atom stereocenters. The molecule has 86 valence electrons. The number of Topliss-reactive ketones (excluding diaryl/α,β-unsaturated/α-hetero) is 1. The van der Waals surface area contributed by atoms with Crippen LogP contribution in [0.2, 0.25) is 0 Å². The Labute approximate surface area is 101 Å². The lowest BCUT2D eigenvalue weighted by Crippen LogP contribution is -2.05. The molecule has 2 rings (SSSR count). The number of nitrogens with zero attached hydrogens (tertiary/aromatic N) is 2. The Morgan fingerprint density at radius 3 is 2.71 bits per heavy atom. The molecule has 0 bridgehead atoms. The van der Waals surface area contributed by atoms with Gasteiger partial charge in [-0.25, -0.2) is 0 Å². The summed E-state index contributed by atoms with van der Waals surface area (Å²) in [7, 11) is 0. The lowest BCUT2D eigenvalue weighted by atomic mass is 9.99. The summed E-state index contributed by atoms with van der Waals surface area (Å²) in [6, 6.07) is 7.85. The highest BCUT2D eigenvalue weighted by Gasteiger charge is 2.09. The van der Waals surface area contributed by atoms with Gasteiger partial charge in [-0.1, -0.05) is 23.8 Å². The maximum atomic E-state index is 12.0. The highest BCUT2D eigenvalue weighted by Crippen LogP contribution is 2.13. The maximum Gasteiger partial charge on any atom is 0.168 e. The van der Waals surface area contributed by atoms with Crippen molar-refractivity contribution in [3.8, 4) is 0 Å². The molecule has 0 N–H and O–H groups in total. The Kier molecular flexibility index (Phi) is 3.28. The lowest BCUT2D eigenvalue weighted by molar-refractivity contribution is 0.0992. The first-order valence-corrected chi connectivity index (χ1v) is 5.53. The van der Waals surface area contributed by atoms with Crippen molar-refractivity contribution >= 4 is 5.78 Å². The Morgan fingerprint density at radius 1 is 1.18 bits per heavy atom. The topological polar surface area (TPSA) is 42.9 Å². The summed E-state index contributed by atoms with van der Waals surface area (Å²) in [6.07, 6.45) is 3.46. The number of aryl methyl sites for hydroxylation is 2. The van der Waals surface area contributed by atoms with Crippen molar-refractivity contribution < 1.29 is 4.79 Å². The van der Waals surface area contributed by atoms with Gasteiger partial charge in [-0.15, -0.1) is 0 Å². The van der Waals surface area contributed by atoms with Crippen molar-refractivity contribution in [2.24, 2.45) is 0 Å². The minimum absolute atomic E-state index is 0.0774. The van der Waals surface area contributed by atoms with E-state index >= 15 is 0 Å². The predicted molar refractivity (Wildman–Crippen MR) is 66.0 cm³/mol. The van der Waals surface area contributed by atoms with E-state index in [1.807, 2.05) is 19.9 Å². The number of carbonyl (C=O) groups excluding carboxylic acids is 1. The standard InChI is InChI=1S/C14H14N2O/c1-10-3-4-11(2)13(7-10)8-14(17)12-5-6-15-16-9-12/h3-7,9H,8H2,1-2H3. The predicted octanol–water partition coefficient (Wildman–Crippen LogP) is 2.52. The van der Waals surface area contributed by atoms with Gasteiger partial charge >= 0.3 is 0 Å². The van der Waals surface area contributed by atoms with E-state index < -0.39 is 0 Å². The summed E-state index contributed by atoms with van der Waals surface area (Å²) in [6.45, 7) is 4.05. The first kappa shape index (κ1) is 11.5. The van der Waals surface area contributed by atoms with Crippen LogP contribution in [0.3, 0.4) is 0 Å². The molecule has 0 amide bonds. The molecule has 1 aromatic heterocycles. The molecule has 3 nitrogen and oxygen atoms in total. The van der Waals surface area contributed by atoms with Gasteiger partial charge in [0, 0.05) is 12.0 Å². The van der Waals surface area contributed by atoms with E-state index in [0.717, 1.165) is 11.1 Å². The van der Waals surface area contributed by atoms with Crippen molar-refractivity contribution in [2.75, 3.05) is 0 Å². The van der Waals surface area contributed by atoms with E-state index in [-0.39, 0.29) is 5.78 Å². The van der Waals surface area contributed by atoms with Gasteiger partial charge in [-0.3, -0.25) is 4.79 Å². The molecule has 1 heterocycles. The van der Waals surface area contributed by atoms with Crippen molar-refractivity contribution in [3.63, 3.8) is 0 Å². The molecule has 1 aromatic carbocycles. The Morgan fingerprint density at radius 2 is 2.00 bits per heavy atom. The third kappa shape index (κ3) is 2.75. The zero-order chi connectivity index (χ0) is 12.3. The molecule has 0 radical (unpaired) electrons. The first-order valence-electron chi connectivity index (χ1n) is 5.53. The van der Waals surface area contributed by atoms with E-state index in [4.69, 9.17) is 0 Å². The molecule has 0 saturated carbocycles. The second-order valence-electron chi connectivity index (χ2n) is 4.16. The van der Waals surface area contributed by atoms with E-state index in [9.17, 15) is 4.79 Å². The van der Waals surface area contributed by atoms with E-state index in [0.29, 0.717) is 12.0 Å². The fraction of sp³-hybridized carbons (Fsp3) is 0.214. The first-order chi connectivity index (χ1) is 8.16. The Hall–Kier alpha value is -2.03. The average Bonchev–Trinajstić information content (AvgIpc) is 2.35. The molecular formula is C14H14N2O. The van der Waals surface area contributed by atoms with Crippen molar-refractivity contribution in [1.82, 2.24) is 10.2 Å². The maximum absolute atomic E-state index is 12.0. The Balaban J connectivity index is 2.22. The van der Waals surface area contributed by atoms with Crippen LogP contribution in [0.1, 0.15) is 27.0 Å². The largest absolute Gasteiger partial charge is 0.294 e. The van der Waals surface area contributed by atoms with E-state index in [1.54, 1.807) is 6.07 Å². The molecular weight excluding hydrogens is 212 g/mol. The monoisotopic (exact) mass is 226 g/mol. The van der Waals surface area contributed by atoms with Crippen LogP contribution in [-0.2, 0) is 6.42 Å². The van der Waals surface area contributed by atoms with Gasteiger partial charge in [0.25, 0.3) is 0 Å². The number of rotatable bonds is 3. The summed E-state index contributed by atoms with van der Waals surface area (Å²) in [4.78, 5) is 12.0. The van der Waals surface area contributed by atoms with Gasteiger partial charge in [0.1, 0.15) is 0 Å². The van der Waals surface area contributed by atoms with Gasteiger partial charge in [0.2, 0.25) is 0 Å². The second-order valence-corrected chi connectivity index (χ2v) is 4.16. The summed E-state index contributed by atoms with van der Waals surface area (Å²) in [5.41, 5.74) is 4.00. The van der Waals surface area contributed by atoms with Crippen LogP contribution in [0.5, 0.6) is 0 Å². The van der Waals surface area contributed by atoms with Crippen molar-refractivity contribution in [2.45, 2.75) is 20.3 Å². The molecule has 0 fully saturated rings. The van der Waals surface area contributed by atoms with Gasteiger partial charge in [0.05, 0.1) is 12.4 Å². The van der Waals surface area contributed by atoms with Crippen molar-refractivity contribution in [1.29, 1.82) is 0 Å². The molecule has 17 heavy (non-hydrogen) atoms. The van der Waals surface area contributed by atoms with Gasteiger partial charge in [-0.2, -0.15) is 10.2 Å². The minimum atomic E-state index is 0.0774. The number of hydrogen-bond donors (Lipinski definition) is 0. The minimum Gasteiger partial charge on any atom is -0.294 e. The SMILES string of the molecule is Cc1ccc(C)c(CC(=O)c2ccnnc2)c1. The molecule has 0 aliphatic carbocycles. The highest BCUT2D eigenvalue weighted by atomic mass is 16.1. The summed E-state index contributed by atoms with van der Waals surface area (Å²) >= 11 is 0. The van der Waals surface area contributed by atoms with Crippen molar-refractivity contribution in [3.05, 3.63) is 58.9 Å². The third-order valence-electron chi connectivity index (χ3n) is 2.76. The number of benzene rings is 1. The number of ketones is 1. The molecule has 0 aliphatic rings. The normalized spacial score (nSPS) is 10.2. The van der Waals surface area contributed by atoms with Gasteiger partial charge < -0.3 is 0 Å². The number of hydrogen-bond acceptors (Lipinski definition) is 3. The molecule has 0 unspecified atom stereocenters. The van der Waals surface area contributed by atoms with Crippen LogP contribution in [0.25, 0.3) is 0 Å². The summed E-state index contributed by atoms with van der Waals surface area (Å²) in [5.74, 6) is 0.0774. The van der Waals surface area contributed by atoms with Crippen LogP contribution >= 0.6 is 0 Å². The lowest BCUT2D eigenvalue weighted by Gasteiger charge is -2.06. The average molecular weight is 226 g/mol. The Bertz CT molecular complexity index is 535. The second kappa shape index (κ2) is 4.87. The summed E-state index contributed by atoms with van der Waals surface area (Å²) in [5, 5.41) is 7.38. The summed E-state index contributed by atoms with van der Waals surface area (Å²) < 4.78 is 0. The van der Waals surface area contributed by atoms with E-state index in [2.05, 4.69) is 22.3 Å². The zero-order valence-electron chi connectivity index (χ0n) is 9.97. The quantitative estimate of drug-likeness (QED) is 0.755. The number of aromatic nitrogens is 2. The molecule has 0 spiro atoms.